The van der Waals surface area contributed by atoms with Crippen LogP contribution >= 0.6 is 11.3 Å². The molecular weight excluding hydrogens is 367 g/mol. The first kappa shape index (κ1) is 18.0. The van der Waals surface area contributed by atoms with Gasteiger partial charge in [-0.1, -0.05) is 6.07 Å². The molecule has 2 heterocycles. The number of aryl methyl sites for hydroxylation is 1. The van der Waals surface area contributed by atoms with Gasteiger partial charge in [-0.3, -0.25) is 4.79 Å². The van der Waals surface area contributed by atoms with Crippen LogP contribution in [0.15, 0.2) is 34.5 Å². The first-order valence-corrected chi connectivity index (χ1v) is 9.94. The van der Waals surface area contributed by atoms with Crippen LogP contribution in [0.2, 0.25) is 0 Å². The van der Waals surface area contributed by atoms with Gasteiger partial charge >= 0.3 is 0 Å². The standard InChI is InChI=1S/C16H17FN2O4S2/c1-11-2-3-12(17)13(10-11)18-16(20)15-14(4-9-24-15)25(21,22)19-5-7-23-8-6-19/h2-4,9-10H,5-8H2,1H3,(H,18,20). The minimum atomic E-state index is -3.80. The van der Waals surface area contributed by atoms with Crippen molar-refractivity contribution in [2.45, 2.75) is 11.8 Å². The first-order chi connectivity index (χ1) is 11.9. The SMILES string of the molecule is Cc1ccc(F)c(NC(=O)c2sccc2S(=O)(=O)N2CCOCC2)c1. The van der Waals surface area contributed by atoms with Gasteiger partial charge in [-0.15, -0.1) is 11.3 Å². The molecule has 2 aromatic rings. The van der Waals surface area contributed by atoms with Crippen molar-refractivity contribution in [2.75, 3.05) is 31.6 Å². The summed E-state index contributed by atoms with van der Waals surface area (Å²) in [7, 11) is -3.80. The fraction of sp³-hybridized carbons (Fsp3) is 0.312. The Labute approximate surface area is 149 Å². The monoisotopic (exact) mass is 384 g/mol. The van der Waals surface area contributed by atoms with E-state index in [4.69, 9.17) is 4.74 Å². The van der Waals surface area contributed by atoms with Gasteiger partial charge < -0.3 is 10.1 Å². The first-order valence-electron chi connectivity index (χ1n) is 7.62. The second-order valence-electron chi connectivity index (χ2n) is 5.57. The summed E-state index contributed by atoms with van der Waals surface area (Å²) >= 11 is 1.01. The number of hydrogen-bond donors (Lipinski definition) is 1. The average Bonchev–Trinajstić information content (AvgIpc) is 3.09. The Bertz CT molecular complexity index is 889. The lowest BCUT2D eigenvalue weighted by molar-refractivity contribution is 0.0730. The number of nitrogens with one attached hydrogen (secondary N) is 1. The molecule has 0 aliphatic carbocycles. The lowest BCUT2D eigenvalue weighted by Gasteiger charge is -2.26. The Morgan fingerprint density at radius 1 is 1.28 bits per heavy atom. The van der Waals surface area contributed by atoms with Crippen molar-refractivity contribution in [3.63, 3.8) is 0 Å². The normalized spacial score (nSPS) is 15.9. The van der Waals surface area contributed by atoms with E-state index < -0.39 is 21.7 Å². The molecule has 1 N–H and O–H groups in total. The second-order valence-corrected chi connectivity index (χ2v) is 8.39. The van der Waals surface area contributed by atoms with Gasteiger partial charge in [-0.05, 0) is 36.1 Å². The van der Waals surface area contributed by atoms with Gasteiger partial charge in [0.15, 0.2) is 0 Å². The van der Waals surface area contributed by atoms with Gasteiger partial charge in [0.05, 0.1) is 18.9 Å². The van der Waals surface area contributed by atoms with Crippen LogP contribution in [-0.2, 0) is 14.8 Å². The average molecular weight is 384 g/mol. The number of anilines is 1. The van der Waals surface area contributed by atoms with Crippen molar-refractivity contribution in [1.82, 2.24) is 4.31 Å². The third kappa shape index (κ3) is 3.74. The molecular formula is C16H17FN2O4S2. The summed E-state index contributed by atoms with van der Waals surface area (Å²) < 4.78 is 45.8. The highest BCUT2D eigenvalue weighted by molar-refractivity contribution is 7.89. The van der Waals surface area contributed by atoms with Crippen molar-refractivity contribution in [2.24, 2.45) is 0 Å². The molecule has 134 valence electrons. The zero-order chi connectivity index (χ0) is 18.0. The second kappa shape index (κ2) is 7.20. The maximum Gasteiger partial charge on any atom is 0.267 e. The highest BCUT2D eigenvalue weighted by atomic mass is 32.2. The van der Waals surface area contributed by atoms with Crippen LogP contribution in [0.25, 0.3) is 0 Å². The minimum absolute atomic E-state index is 0.0214. The van der Waals surface area contributed by atoms with Crippen LogP contribution in [0.1, 0.15) is 15.2 Å². The van der Waals surface area contributed by atoms with E-state index in [0.717, 1.165) is 16.9 Å². The number of amides is 1. The molecule has 0 atom stereocenters. The van der Waals surface area contributed by atoms with Crippen LogP contribution in [-0.4, -0.2) is 44.9 Å². The molecule has 1 aromatic heterocycles. The van der Waals surface area contributed by atoms with Gasteiger partial charge in [0.1, 0.15) is 15.6 Å². The Morgan fingerprint density at radius 3 is 2.72 bits per heavy atom. The van der Waals surface area contributed by atoms with E-state index in [1.54, 1.807) is 13.0 Å². The topological polar surface area (TPSA) is 75.7 Å². The van der Waals surface area contributed by atoms with Gasteiger partial charge in [0, 0.05) is 13.1 Å². The van der Waals surface area contributed by atoms with Crippen LogP contribution < -0.4 is 5.32 Å². The Hall–Kier alpha value is -1.81. The van der Waals surface area contributed by atoms with Crippen LogP contribution in [0, 0.1) is 12.7 Å². The summed E-state index contributed by atoms with van der Waals surface area (Å²) in [5, 5.41) is 3.99. The van der Waals surface area contributed by atoms with Crippen molar-refractivity contribution >= 4 is 33.0 Å². The lowest BCUT2D eigenvalue weighted by atomic mass is 10.2. The van der Waals surface area contributed by atoms with Crippen molar-refractivity contribution in [1.29, 1.82) is 0 Å². The fourth-order valence-electron chi connectivity index (χ4n) is 2.51. The maximum absolute atomic E-state index is 13.8. The predicted octanol–water partition coefficient (Wildman–Crippen LogP) is 2.47. The third-order valence-electron chi connectivity index (χ3n) is 3.79. The van der Waals surface area contributed by atoms with E-state index in [2.05, 4.69) is 5.32 Å². The van der Waals surface area contributed by atoms with E-state index in [1.807, 2.05) is 0 Å². The minimum Gasteiger partial charge on any atom is -0.379 e. The van der Waals surface area contributed by atoms with Crippen LogP contribution in [0.5, 0.6) is 0 Å². The van der Waals surface area contributed by atoms with E-state index in [9.17, 15) is 17.6 Å². The number of rotatable bonds is 4. The number of morpholine rings is 1. The Kier molecular flexibility index (Phi) is 5.19. The number of ether oxygens (including phenoxy) is 1. The highest BCUT2D eigenvalue weighted by Crippen LogP contribution is 2.27. The Balaban J connectivity index is 1.88. The number of nitrogens with zero attached hydrogens (tertiary/aromatic N) is 1. The van der Waals surface area contributed by atoms with Gasteiger partial charge in [-0.25, -0.2) is 12.8 Å². The fourth-order valence-corrected chi connectivity index (χ4v) is 5.21. The summed E-state index contributed by atoms with van der Waals surface area (Å²) in [6.07, 6.45) is 0. The summed E-state index contributed by atoms with van der Waals surface area (Å²) in [6.45, 7) is 2.89. The number of hydrogen-bond acceptors (Lipinski definition) is 5. The lowest BCUT2D eigenvalue weighted by Crippen LogP contribution is -2.41. The molecule has 1 saturated heterocycles. The van der Waals surface area contributed by atoms with E-state index >= 15 is 0 Å². The molecule has 1 aliphatic rings. The third-order valence-corrected chi connectivity index (χ3v) is 6.78. The predicted molar refractivity (Wildman–Crippen MR) is 93.0 cm³/mol. The van der Waals surface area contributed by atoms with E-state index in [1.165, 1.54) is 27.9 Å². The zero-order valence-corrected chi connectivity index (χ0v) is 15.1. The smallest absolute Gasteiger partial charge is 0.267 e. The molecule has 6 nitrogen and oxygen atoms in total. The molecule has 0 spiro atoms. The van der Waals surface area contributed by atoms with E-state index in [0.29, 0.717) is 13.2 Å². The molecule has 0 radical (unpaired) electrons. The van der Waals surface area contributed by atoms with Gasteiger partial charge in [0.2, 0.25) is 10.0 Å². The summed E-state index contributed by atoms with van der Waals surface area (Å²) in [5.74, 6) is -1.22. The molecule has 0 unspecified atom stereocenters. The van der Waals surface area contributed by atoms with Gasteiger partial charge in [-0.2, -0.15) is 4.31 Å². The number of halogens is 1. The molecule has 0 bridgehead atoms. The van der Waals surface area contributed by atoms with Crippen molar-refractivity contribution < 1.29 is 22.3 Å². The quantitative estimate of drug-likeness (QED) is 0.879. The summed E-state index contributed by atoms with van der Waals surface area (Å²) in [6, 6.07) is 5.74. The van der Waals surface area contributed by atoms with E-state index in [-0.39, 0.29) is 28.5 Å². The van der Waals surface area contributed by atoms with Gasteiger partial charge in [0.25, 0.3) is 5.91 Å². The number of benzene rings is 1. The van der Waals surface area contributed by atoms with Crippen LogP contribution in [0.4, 0.5) is 10.1 Å². The zero-order valence-electron chi connectivity index (χ0n) is 13.5. The maximum atomic E-state index is 13.8. The summed E-state index contributed by atoms with van der Waals surface area (Å²) in [5.41, 5.74) is 0.803. The number of sulfonamides is 1. The molecule has 1 fully saturated rings. The summed E-state index contributed by atoms with van der Waals surface area (Å²) in [4.78, 5) is 12.5. The number of carbonyl (C=O) groups excluding carboxylic acids is 1. The van der Waals surface area contributed by atoms with Crippen molar-refractivity contribution in [3.05, 3.63) is 45.9 Å². The molecule has 1 aliphatic heterocycles. The van der Waals surface area contributed by atoms with Crippen molar-refractivity contribution in [3.8, 4) is 0 Å². The molecule has 1 amide bonds. The number of thiophene rings is 1. The van der Waals surface area contributed by atoms with Crippen LogP contribution in [0.3, 0.4) is 0 Å². The Morgan fingerprint density at radius 2 is 2.00 bits per heavy atom. The largest absolute Gasteiger partial charge is 0.379 e. The molecule has 0 saturated carbocycles. The highest BCUT2D eigenvalue weighted by Gasteiger charge is 2.31. The molecule has 1 aromatic carbocycles. The number of carbonyl (C=O) groups is 1. The molecule has 3 rings (SSSR count). The molecule has 25 heavy (non-hydrogen) atoms. The molecule has 9 heteroatoms.